The van der Waals surface area contributed by atoms with E-state index in [9.17, 15) is 22.8 Å². The molecule has 9 heteroatoms. The van der Waals surface area contributed by atoms with E-state index in [1.54, 1.807) is 11.0 Å². The monoisotopic (exact) mass is 404 g/mol. The van der Waals surface area contributed by atoms with Gasteiger partial charge in [-0.15, -0.1) is 11.8 Å². The second-order valence-corrected chi connectivity index (χ2v) is 7.89. The maximum Gasteiger partial charge on any atom is 0.416 e. The van der Waals surface area contributed by atoms with Gasteiger partial charge in [0.2, 0.25) is 5.91 Å². The van der Waals surface area contributed by atoms with Crippen molar-refractivity contribution in [3.8, 4) is 0 Å². The molecule has 1 heterocycles. The fraction of sp³-hybridized carbons (Fsp3) is 0.556. The highest BCUT2D eigenvalue weighted by Gasteiger charge is 2.30. The van der Waals surface area contributed by atoms with Gasteiger partial charge in [-0.25, -0.2) is 0 Å². The van der Waals surface area contributed by atoms with Crippen LogP contribution >= 0.6 is 11.8 Å². The molecule has 0 saturated carbocycles. The minimum absolute atomic E-state index is 0.000112. The quantitative estimate of drug-likeness (QED) is 0.697. The summed E-state index contributed by atoms with van der Waals surface area (Å²) < 4.78 is 38.2. The van der Waals surface area contributed by atoms with Crippen molar-refractivity contribution in [3.63, 3.8) is 0 Å². The van der Waals surface area contributed by atoms with Gasteiger partial charge in [-0.1, -0.05) is 6.07 Å². The van der Waals surface area contributed by atoms with E-state index < -0.39 is 11.7 Å². The molecule has 1 aliphatic rings. The molecule has 1 aromatic carbocycles. The van der Waals surface area contributed by atoms with Gasteiger partial charge in [0.05, 0.1) is 37.5 Å². The van der Waals surface area contributed by atoms with E-state index in [1.807, 2.05) is 13.8 Å². The Hall–Kier alpha value is -1.74. The summed E-state index contributed by atoms with van der Waals surface area (Å²) in [5.41, 5.74) is -0.711. The smallest absolute Gasteiger partial charge is 0.349 e. The molecular weight excluding hydrogens is 379 g/mol. The Morgan fingerprint density at radius 2 is 1.93 bits per heavy atom. The number of piperazine rings is 1. The third kappa shape index (κ3) is 7.06. The molecule has 0 spiro atoms. The lowest BCUT2D eigenvalue weighted by molar-refractivity contribution is -0.896. The van der Waals surface area contributed by atoms with Crippen molar-refractivity contribution in [2.24, 2.45) is 0 Å². The number of amides is 2. The summed E-state index contributed by atoms with van der Waals surface area (Å²) in [4.78, 5) is 27.4. The van der Waals surface area contributed by atoms with Gasteiger partial charge in [-0.3, -0.25) is 9.59 Å². The first-order valence-electron chi connectivity index (χ1n) is 8.86. The van der Waals surface area contributed by atoms with Crippen LogP contribution in [0.5, 0.6) is 0 Å². The number of hydrogen-bond donors (Lipinski definition) is 2. The van der Waals surface area contributed by atoms with Crippen LogP contribution in [0.4, 0.5) is 13.2 Å². The minimum atomic E-state index is -4.39. The van der Waals surface area contributed by atoms with E-state index >= 15 is 0 Å². The van der Waals surface area contributed by atoms with Gasteiger partial charge in [-0.2, -0.15) is 13.2 Å². The van der Waals surface area contributed by atoms with Crippen molar-refractivity contribution in [1.82, 2.24) is 10.2 Å². The highest BCUT2D eigenvalue weighted by Crippen LogP contribution is 2.31. The zero-order valence-corrected chi connectivity index (χ0v) is 16.3. The topological polar surface area (TPSA) is 53.9 Å². The molecule has 27 heavy (non-hydrogen) atoms. The minimum Gasteiger partial charge on any atom is -0.349 e. The molecule has 1 saturated heterocycles. The van der Waals surface area contributed by atoms with Gasteiger partial charge in [0, 0.05) is 10.9 Å². The molecule has 1 fully saturated rings. The summed E-state index contributed by atoms with van der Waals surface area (Å²) in [6.07, 6.45) is -4.39. The van der Waals surface area contributed by atoms with Crippen LogP contribution in [-0.2, 0) is 15.8 Å². The number of halogens is 3. The van der Waals surface area contributed by atoms with Gasteiger partial charge in [-0.05, 0) is 32.0 Å². The SMILES string of the molecule is CC(C)NC(=O)C[NH+]1CCN(C(=O)CSc2cccc(C(F)(F)F)c2)CC1. The van der Waals surface area contributed by atoms with Crippen molar-refractivity contribution in [3.05, 3.63) is 29.8 Å². The van der Waals surface area contributed by atoms with Crippen LogP contribution in [0.2, 0.25) is 0 Å². The van der Waals surface area contributed by atoms with E-state index in [-0.39, 0.29) is 23.6 Å². The van der Waals surface area contributed by atoms with Crippen LogP contribution in [0.1, 0.15) is 19.4 Å². The summed E-state index contributed by atoms with van der Waals surface area (Å²) in [5, 5.41) is 2.85. The number of thioether (sulfide) groups is 1. The molecule has 0 aliphatic carbocycles. The highest BCUT2D eigenvalue weighted by molar-refractivity contribution is 8.00. The summed E-state index contributed by atoms with van der Waals surface area (Å²) in [7, 11) is 0. The number of carbonyl (C=O) groups excluding carboxylic acids is 2. The van der Waals surface area contributed by atoms with Crippen LogP contribution < -0.4 is 10.2 Å². The van der Waals surface area contributed by atoms with Crippen LogP contribution in [0.15, 0.2) is 29.2 Å². The lowest BCUT2D eigenvalue weighted by Gasteiger charge is -2.32. The molecule has 5 nitrogen and oxygen atoms in total. The van der Waals surface area contributed by atoms with Crippen LogP contribution in [-0.4, -0.2) is 61.2 Å². The molecule has 1 aromatic rings. The molecule has 0 aromatic heterocycles. The Morgan fingerprint density at radius 3 is 2.52 bits per heavy atom. The highest BCUT2D eigenvalue weighted by atomic mass is 32.2. The van der Waals surface area contributed by atoms with Crippen molar-refractivity contribution < 1.29 is 27.7 Å². The Bertz CT molecular complexity index is 659. The standard InChI is InChI=1S/C18H24F3N3O2S/c1-13(2)22-16(25)11-23-6-8-24(9-7-23)17(26)12-27-15-5-3-4-14(10-15)18(19,20)21/h3-5,10,13H,6-9,11-12H2,1-2H3,(H,22,25)/p+1. The largest absolute Gasteiger partial charge is 0.416 e. The Morgan fingerprint density at radius 1 is 1.26 bits per heavy atom. The lowest BCUT2D eigenvalue weighted by atomic mass is 10.2. The predicted molar refractivity (Wildman–Crippen MR) is 97.6 cm³/mol. The molecule has 150 valence electrons. The molecule has 0 unspecified atom stereocenters. The van der Waals surface area contributed by atoms with Crippen molar-refractivity contribution in [1.29, 1.82) is 0 Å². The van der Waals surface area contributed by atoms with Crippen LogP contribution in [0, 0.1) is 0 Å². The number of nitrogens with one attached hydrogen (secondary N) is 2. The summed E-state index contributed by atoms with van der Waals surface area (Å²) in [5.74, 6) is 0.00720. The summed E-state index contributed by atoms with van der Waals surface area (Å²) >= 11 is 1.11. The third-order valence-corrected chi connectivity index (χ3v) is 5.19. The van der Waals surface area contributed by atoms with E-state index in [2.05, 4.69) is 5.32 Å². The zero-order chi connectivity index (χ0) is 20.0. The predicted octanol–water partition coefficient (Wildman–Crippen LogP) is 1.05. The average Bonchev–Trinajstić information content (AvgIpc) is 2.59. The first kappa shape index (κ1) is 21.6. The fourth-order valence-electron chi connectivity index (χ4n) is 2.85. The molecule has 0 bridgehead atoms. The fourth-order valence-corrected chi connectivity index (χ4v) is 3.71. The molecule has 2 amide bonds. The van der Waals surface area contributed by atoms with Crippen molar-refractivity contribution in [2.45, 2.75) is 31.0 Å². The maximum atomic E-state index is 12.7. The Labute approximate surface area is 161 Å². The molecule has 2 rings (SSSR count). The molecule has 0 radical (unpaired) electrons. The average molecular weight is 404 g/mol. The second kappa shape index (κ2) is 9.45. The summed E-state index contributed by atoms with van der Waals surface area (Å²) in [6.45, 7) is 6.67. The van der Waals surface area contributed by atoms with E-state index in [4.69, 9.17) is 0 Å². The number of rotatable bonds is 6. The van der Waals surface area contributed by atoms with E-state index in [1.165, 1.54) is 6.07 Å². The van der Waals surface area contributed by atoms with Gasteiger partial charge in [0.1, 0.15) is 0 Å². The number of nitrogens with zero attached hydrogens (tertiary/aromatic N) is 1. The first-order valence-corrected chi connectivity index (χ1v) is 9.84. The number of hydrogen-bond acceptors (Lipinski definition) is 3. The van der Waals surface area contributed by atoms with E-state index in [0.29, 0.717) is 37.6 Å². The third-order valence-electron chi connectivity index (χ3n) is 4.21. The van der Waals surface area contributed by atoms with Gasteiger partial charge in [0.25, 0.3) is 5.91 Å². The molecule has 2 N–H and O–H groups in total. The summed E-state index contributed by atoms with van der Waals surface area (Å²) in [6, 6.07) is 5.10. The number of carbonyl (C=O) groups is 2. The lowest BCUT2D eigenvalue weighted by Crippen LogP contribution is -3.16. The normalized spacial score (nSPS) is 15.9. The number of benzene rings is 1. The van der Waals surface area contributed by atoms with Crippen LogP contribution in [0.25, 0.3) is 0 Å². The van der Waals surface area contributed by atoms with Crippen molar-refractivity contribution >= 4 is 23.6 Å². The molecular formula is C18H25F3N3O2S+. The van der Waals surface area contributed by atoms with Gasteiger partial charge >= 0.3 is 6.18 Å². The Balaban J connectivity index is 1.77. The maximum absolute atomic E-state index is 12.7. The van der Waals surface area contributed by atoms with Gasteiger partial charge < -0.3 is 15.1 Å². The van der Waals surface area contributed by atoms with Crippen molar-refractivity contribution in [2.75, 3.05) is 38.5 Å². The van der Waals surface area contributed by atoms with Gasteiger partial charge in [0.15, 0.2) is 6.54 Å². The Kier molecular flexibility index (Phi) is 7.55. The van der Waals surface area contributed by atoms with E-state index in [0.717, 1.165) is 28.8 Å². The van der Waals surface area contributed by atoms with Crippen LogP contribution in [0.3, 0.4) is 0 Å². The number of quaternary nitrogens is 1. The number of alkyl halides is 3. The molecule has 0 atom stereocenters. The first-order chi connectivity index (χ1) is 12.6. The second-order valence-electron chi connectivity index (χ2n) is 6.84. The zero-order valence-electron chi connectivity index (χ0n) is 15.4. The molecule has 1 aliphatic heterocycles.